The number of ether oxygens (including phenoxy) is 1. The van der Waals surface area contributed by atoms with Crippen molar-refractivity contribution < 1.29 is 24.2 Å². The van der Waals surface area contributed by atoms with E-state index in [9.17, 15) is 19.5 Å². The van der Waals surface area contributed by atoms with Gasteiger partial charge in [-0.05, 0) is 53.9 Å². The fraction of sp³-hybridized carbons (Fsp3) is 0.464. The van der Waals surface area contributed by atoms with Gasteiger partial charge in [0, 0.05) is 24.9 Å². The number of amides is 2. The van der Waals surface area contributed by atoms with Crippen LogP contribution in [0.3, 0.4) is 0 Å². The van der Waals surface area contributed by atoms with Gasteiger partial charge in [0.15, 0.2) is 0 Å². The Morgan fingerprint density at radius 3 is 2.40 bits per heavy atom. The van der Waals surface area contributed by atoms with Crippen LogP contribution in [0.2, 0.25) is 0 Å². The number of piperidine rings is 1. The molecule has 1 unspecified atom stereocenters. The predicted octanol–water partition coefficient (Wildman–Crippen LogP) is 4.55. The second-order valence-electron chi connectivity index (χ2n) is 9.98. The number of hydrogen-bond acceptors (Lipinski definition) is 4. The number of carbonyl (C=O) groups is 3. The Labute approximate surface area is 205 Å². The minimum Gasteiger partial charge on any atom is -0.479 e. The molecule has 5 rings (SSSR count). The standard InChI is InChI=1S/C28H32N2O5/c1-2-8-19(15-25(31)30-14-7-9-18-16-28(18,30)26(32)33)29-27(34)35-17-24-22-12-5-3-10-20(22)21-11-4-6-13-23(21)24/h3-6,10-13,18-19,24H,2,7-9,14-17H2,1H3,(H,29,34)(H,32,33)/t18-,19?,28+/m0/s1. The van der Waals surface area contributed by atoms with Crippen LogP contribution in [0.4, 0.5) is 4.79 Å². The van der Waals surface area contributed by atoms with Crippen LogP contribution in [0, 0.1) is 5.92 Å². The molecule has 3 atom stereocenters. The monoisotopic (exact) mass is 476 g/mol. The number of carboxylic acid groups (broad SMARTS) is 1. The summed E-state index contributed by atoms with van der Waals surface area (Å²) in [6, 6.07) is 15.9. The highest BCUT2D eigenvalue weighted by Crippen LogP contribution is 2.54. The van der Waals surface area contributed by atoms with E-state index in [4.69, 9.17) is 4.74 Å². The van der Waals surface area contributed by atoms with Gasteiger partial charge in [0.2, 0.25) is 5.91 Å². The fourth-order valence-corrected chi connectivity index (χ4v) is 6.11. The molecule has 1 heterocycles. The summed E-state index contributed by atoms with van der Waals surface area (Å²) >= 11 is 0. The molecule has 2 aromatic rings. The Morgan fingerprint density at radius 1 is 1.11 bits per heavy atom. The number of alkyl carbamates (subject to hydrolysis) is 1. The highest BCUT2D eigenvalue weighted by atomic mass is 16.5. The number of aliphatic carboxylic acids is 1. The van der Waals surface area contributed by atoms with Crippen LogP contribution in [0.5, 0.6) is 0 Å². The van der Waals surface area contributed by atoms with Crippen molar-refractivity contribution in [3.63, 3.8) is 0 Å². The molecule has 1 saturated carbocycles. The van der Waals surface area contributed by atoms with E-state index in [0.29, 0.717) is 19.4 Å². The number of benzene rings is 2. The number of nitrogens with zero attached hydrogens (tertiary/aromatic N) is 1. The second kappa shape index (κ2) is 9.36. The lowest BCUT2D eigenvalue weighted by Gasteiger charge is -2.34. The Balaban J connectivity index is 1.22. The molecule has 35 heavy (non-hydrogen) atoms. The first kappa shape index (κ1) is 23.4. The molecule has 2 aliphatic carbocycles. The van der Waals surface area contributed by atoms with Crippen molar-refractivity contribution in [2.75, 3.05) is 13.2 Å². The molecule has 3 aliphatic rings. The first-order valence-corrected chi connectivity index (χ1v) is 12.6. The topological polar surface area (TPSA) is 95.9 Å². The van der Waals surface area contributed by atoms with E-state index in [1.165, 1.54) is 11.1 Å². The van der Waals surface area contributed by atoms with Gasteiger partial charge >= 0.3 is 12.1 Å². The first-order valence-electron chi connectivity index (χ1n) is 12.6. The molecule has 2 fully saturated rings. The molecular weight excluding hydrogens is 444 g/mol. The summed E-state index contributed by atoms with van der Waals surface area (Å²) in [4.78, 5) is 39.4. The minimum atomic E-state index is -1.03. The summed E-state index contributed by atoms with van der Waals surface area (Å²) in [7, 11) is 0. The Morgan fingerprint density at radius 2 is 1.77 bits per heavy atom. The number of rotatable bonds is 8. The zero-order valence-electron chi connectivity index (χ0n) is 20.0. The van der Waals surface area contributed by atoms with Gasteiger partial charge in [0.1, 0.15) is 12.1 Å². The molecule has 0 bridgehead atoms. The maximum atomic E-state index is 13.1. The van der Waals surface area contributed by atoms with Crippen LogP contribution in [-0.2, 0) is 14.3 Å². The summed E-state index contributed by atoms with van der Waals surface area (Å²) in [6.07, 6.45) is 3.15. The van der Waals surface area contributed by atoms with Crippen molar-refractivity contribution in [2.45, 2.75) is 62.9 Å². The average Bonchev–Trinajstić information content (AvgIpc) is 3.54. The van der Waals surface area contributed by atoms with E-state index in [-0.39, 0.29) is 30.8 Å². The third kappa shape index (κ3) is 4.17. The van der Waals surface area contributed by atoms with Gasteiger partial charge in [0.05, 0.1) is 0 Å². The van der Waals surface area contributed by atoms with Crippen molar-refractivity contribution in [1.29, 1.82) is 0 Å². The number of likely N-dealkylation sites (tertiary alicyclic amines) is 1. The van der Waals surface area contributed by atoms with Gasteiger partial charge in [-0.1, -0.05) is 61.9 Å². The molecule has 0 spiro atoms. The molecule has 2 aromatic carbocycles. The van der Waals surface area contributed by atoms with Crippen molar-refractivity contribution in [2.24, 2.45) is 5.92 Å². The lowest BCUT2D eigenvalue weighted by Crippen LogP contribution is -2.52. The van der Waals surface area contributed by atoms with Crippen molar-refractivity contribution >= 4 is 18.0 Å². The van der Waals surface area contributed by atoms with E-state index in [1.54, 1.807) is 4.90 Å². The van der Waals surface area contributed by atoms with E-state index < -0.39 is 23.6 Å². The van der Waals surface area contributed by atoms with Crippen molar-refractivity contribution in [3.8, 4) is 11.1 Å². The smallest absolute Gasteiger partial charge is 0.407 e. The minimum absolute atomic E-state index is 0.0324. The molecule has 0 aromatic heterocycles. The summed E-state index contributed by atoms with van der Waals surface area (Å²) < 4.78 is 5.66. The number of hydrogen-bond donors (Lipinski definition) is 2. The largest absolute Gasteiger partial charge is 0.479 e. The van der Waals surface area contributed by atoms with Gasteiger partial charge in [-0.15, -0.1) is 0 Å². The molecule has 7 nitrogen and oxygen atoms in total. The Hall–Kier alpha value is -3.35. The Bertz CT molecular complexity index is 1100. The summed E-state index contributed by atoms with van der Waals surface area (Å²) in [6.45, 7) is 2.67. The van der Waals surface area contributed by atoms with Crippen LogP contribution in [-0.4, -0.2) is 52.7 Å². The maximum Gasteiger partial charge on any atom is 0.407 e. The number of nitrogens with one attached hydrogen (secondary N) is 1. The highest BCUT2D eigenvalue weighted by Gasteiger charge is 2.66. The van der Waals surface area contributed by atoms with Gasteiger partial charge < -0.3 is 20.1 Å². The van der Waals surface area contributed by atoms with E-state index in [2.05, 4.69) is 29.6 Å². The normalized spacial score (nSPS) is 23.0. The number of fused-ring (bicyclic) bond motifs is 4. The maximum absolute atomic E-state index is 13.1. The first-order chi connectivity index (χ1) is 17.0. The van der Waals surface area contributed by atoms with Crippen molar-refractivity contribution in [3.05, 3.63) is 59.7 Å². The molecule has 7 heteroatoms. The third-order valence-corrected chi connectivity index (χ3v) is 7.88. The molecule has 184 valence electrons. The molecular formula is C28H32N2O5. The fourth-order valence-electron chi connectivity index (χ4n) is 6.11. The SMILES string of the molecule is CCCC(CC(=O)N1CCC[C@H]2C[C@]21C(=O)O)NC(=O)OCC1c2ccccc2-c2ccccc21. The molecule has 2 amide bonds. The molecule has 0 radical (unpaired) electrons. The zero-order valence-corrected chi connectivity index (χ0v) is 20.0. The van der Waals surface area contributed by atoms with Crippen LogP contribution in [0.1, 0.15) is 62.5 Å². The molecule has 2 N–H and O–H groups in total. The summed E-state index contributed by atoms with van der Waals surface area (Å²) in [5, 5.41) is 12.6. The second-order valence-corrected chi connectivity index (χ2v) is 9.98. The average molecular weight is 477 g/mol. The van der Waals surface area contributed by atoms with Crippen LogP contribution in [0.25, 0.3) is 11.1 Å². The van der Waals surface area contributed by atoms with Crippen molar-refractivity contribution in [1.82, 2.24) is 10.2 Å². The van der Waals surface area contributed by atoms with E-state index >= 15 is 0 Å². The number of carbonyl (C=O) groups excluding carboxylic acids is 2. The quantitative estimate of drug-likeness (QED) is 0.583. The lowest BCUT2D eigenvalue weighted by atomic mass is 9.98. The zero-order chi connectivity index (χ0) is 24.6. The molecule has 1 aliphatic heterocycles. The predicted molar refractivity (Wildman–Crippen MR) is 131 cm³/mol. The van der Waals surface area contributed by atoms with Crippen LogP contribution < -0.4 is 5.32 Å². The van der Waals surface area contributed by atoms with Crippen LogP contribution in [0.15, 0.2) is 48.5 Å². The van der Waals surface area contributed by atoms with Gasteiger partial charge in [0.25, 0.3) is 0 Å². The third-order valence-electron chi connectivity index (χ3n) is 7.88. The Kier molecular flexibility index (Phi) is 6.26. The summed E-state index contributed by atoms with van der Waals surface area (Å²) in [5.41, 5.74) is 3.59. The van der Waals surface area contributed by atoms with Gasteiger partial charge in [-0.25, -0.2) is 9.59 Å². The lowest BCUT2D eigenvalue weighted by molar-refractivity contribution is -0.154. The van der Waals surface area contributed by atoms with Gasteiger partial charge in [-0.2, -0.15) is 0 Å². The number of carboxylic acids is 1. The highest BCUT2D eigenvalue weighted by molar-refractivity contribution is 5.91. The van der Waals surface area contributed by atoms with E-state index in [1.807, 2.05) is 31.2 Å². The van der Waals surface area contributed by atoms with Crippen LogP contribution >= 0.6 is 0 Å². The van der Waals surface area contributed by atoms with E-state index in [0.717, 1.165) is 30.4 Å². The van der Waals surface area contributed by atoms with Gasteiger partial charge in [-0.3, -0.25) is 4.79 Å². The summed E-state index contributed by atoms with van der Waals surface area (Å²) in [5.74, 6) is -1.09. The molecule has 1 saturated heterocycles.